The van der Waals surface area contributed by atoms with Crippen LogP contribution in [0.2, 0.25) is 0 Å². The zero-order valence-corrected chi connectivity index (χ0v) is 15.8. The molecule has 0 aromatic carbocycles. The SMILES string of the molecule is CC12CCC(=NOCCN)C=C1CCC1C2CCC2(C)C(O)CCC12. The first-order valence-electron chi connectivity index (χ1n) is 10.3. The Bertz CT molecular complexity index is 586. The van der Waals surface area contributed by atoms with Crippen LogP contribution in [-0.4, -0.2) is 30.1 Å². The van der Waals surface area contributed by atoms with E-state index in [1.54, 1.807) is 5.57 Å². The molecular weight excluding hydrogens is 312 g/mol. The van der Waals surface area contributed by atoms with E-state index >= 15 is 0 Å². The number of aliphatic hydroxyl groups is 1. The molecule has 4 aliphatic rings. The first kappa shape index (κ1) is 17.5. The number of hydrogen-bond acceptors (Lipinski definition) is 4. The normalized spacial score (nSPS) is 47.7. The first-order chi connectivity index (χ1) is 12.0. The van der Waals surface area contributed by atoms with Crippen LogP contribution in [0.5, 0.6) is 0 Å². The maximum absolute atomic E-state index is 10.6. The molecule has 0 heterocycles. The largest absolute Gasteiger partial charge is 0.394 e. The highest BCUT2D eigenvalue weighted by Gasteiger charge is 2.58. The van der Waals surface area contributed by atoms with Gasteiger partial charge in [0.2, 0.25) is 0 Å². The minimum absolute atomic E-state index is 0.0759. The van der Waals surface area contributed by atoms with Gasteiger partial charge in [0.1, 0.15) is 6.61 Å². The van der Waals surface area contributed by atoms with Gasteiger partial charge in [-0.15, -0.1) is 0 Å². The highest BCUT2D eigenvalue weighted by atomic mass is 16.6. The number of rotatable bonds is 3. The van der Waals surface area contributed by atoms with Gasteiger partial charge in [-0.25, -0.2) is 0 Å². The molecule has 25 heavy (non-hydrogen) atoms. The van der Waals surface area contributed by atoms with Crippen LogP contribution in [0.1, 0.15) is 65.2 Å². The summed E-state index contributed by atoms with van der Waals surface area (Å²) in [7, 11) is 0. The van der Waals surface area contributed by atoms with Crippen LogP contribution in [0.3, 0.4) is 0 Å². The van der Waals surface area contributed by atoms with Crippen molar-refractivity contribution in [2.75, 3.05) is 13.2 Å². The molecular formula is C21H34N2O2. The fraction of sp³-hybridized carbons (Fsp3) is 0.857. The molecule has 6 unspecified atom stereocenters. The third-order valence-corrected chi connectivity index (χ3v) is 8.32. The number of oxime groups is 1. The Balaban J connectivity index is 1.57. The van der Waals surface area contributed by atoms with E-state index in [1.165, 1.54) is 38.5 Å². The fourth-order valence-corrected chi connectivity index (χ4v) is 6.80. The van der Waals surface area contributed by atoms with E-state index in [-0.39, 0.29) is 11.5 Å². The lowest BCUT2D eigenvalue weighted by molar-refractivity contribution is -0.0722. The molecule has 6 atom stereocenters. The predicted molar refractivity (Wildman–Crippen MR) is 100 cm³/mol. The van der Waals surface area contributed by atoms with Gasteiger partial charge in [0.15, 0.2) is 0 Å². The standard InChI is InChI=1S/C21H34N2O2/c1-20-9-7-15(23-25-12-11-22)13-14(20)3-4-16-17-5-6-19(24)21(17,2)10-8-18(16)20/h13,16-19,24H,3-12,22H2,1-2H3. The van der Waals surface area contributed by atoms with Gasteiger partial charge in [-0.2, -0.15) is 0 Å². The van der Waals surface area contributed by atoms with Gasteiger partial charge in [-0.1, -0.05) is 24.6 Å². The van der Waals surface area contributed by atoms with Crippen molar-refractivity contribution in [3.8, 4) is 0 Å². The maximum Gasteiger partial charge on any atom is 0.129 e. The molecule has 0 aromatic heterocycles. The Labute approximate surface area is 151 Å². The van der Waals surface area contributed by atoms with E-state index in [0.29, 0.717) is 18.6 Å². The monoisotopic (exact) mass is 346 g/mol. The van der Waals surface area contributed by atoms with Crippen molar-refractivity contribution in [1.29, 1.82) is 0 Å². The fourth-order valence-electron chi connectivity index (χ4n) is 6.80. The zero-order chi connectivity index (χ0) is 17.7. The first-order valence-corrected chi connectivity index (χ1v) is 10.3. The molecule has 0 aromatic rings. The highest BCUT2D eigenvalue weighted by Crippen LogP contribution is 2.65. The summed E-state index contributed by atoms with van der Waals surface area (Å²) in [5, 5.41) is 14.9. The van der Waals surface area contributed by atoms with Gasteiger partial charge in [0, 0.05) is 6.54 Å². The van der Waals surface area contributed by atoms with Gasteiger partial charge in [0.25, 0.3) is 0 Å². The maximum atomic E-state index is 10.6. The van der Waals surface area contributed by atoms with Gasteiger partial charge in [0.05, 0.1) is 11.8 Å². The van der Waals surface area contributed by atoms with E-state index in [1.807, 2.05) is 0 Å². The van der Waals surface area contributed by atoms with Gasteiger partial charge in [-0.3, -0.25) is 0 Å². The molecule has 0 saturated heterocycles. The van der Waals surface area contributed by atoms with E-state index in [0.717, 1.165) is 36.3 Å². The number of nitrogens with two attached hydrogens (primary N) is 1. The lowest BCUT2D eigenvalue weighted by Crippen LogP contribution is -2.51. The van der Waals surface area contributed by atoms with Crippen molar-refractivity contribution < 1.29 is 9.94 Å². The zero-order valence-electron chi connectivity index (χ0n) is 15.8. The van der Waals surface area contributed by atoms with Crippen molar-refractivity contribution in [3.63, 3.8) is 0 Å². The summed E-state index contributed by atoms with van der Waals surface area (Å²) in [6.45, 7) is 5.87. The number of allylic oxidation sites excluding steroid dienone is 2. The summed E-state index contributed by atoms with van der Waals surface area (Å²) < 4.78 is 0. The molecule has 0 aliphatic heterocycles. The molecule has 0 amide bonds. The third kappa shape index (κ3) is 2.68. The van der Waals surface area contributed by atoms with Gasteiger partial charge >= 0.3 is 0 Å². The number of nitrogens with zero attached hydrogens (tertiary/aromatic N) is 1. The van der Waals surface area contributed by atoms with Crippen molar-refractivity contribution >= 4 is 5.71 Å². The van der Waals surface area contributed by atoms with Crippen LogP contribution in [0.25, 0.3) is 0 Å². The van der Waals surface area contributed by atoms with E-state index < -0.39 is 0 Å². The smallest absolute Gasteiger partial charge is 0.129 e. The second-order valence-electron chi connectivity index (χ2n) is 9.34. The van der Waals surface area contributed by atoms with Crippen molar-refractivity contribution in [3.05, 3.63) is 11.6 Å². The molecule has 140 valence electrons. The van der Waals surface area contributed by atoms with Gasteiger partial charge < -0.3 is 15.7 Å². The van der Waals surface area contributed by atoms with Crippen molar-refractivity contribution in [2.24, 2.45) is 39.5 Å². The average Bonchev–Trinajstić information content (AvgIpc) is 2.90. The molecule has 0 radical (unpaired) electrons. The Morgan fingerprint density at radius 3 is 2.80 bits per heavy atom. The number of aliphatic hydroxyl groups excluding tert-OH is 1. The Morgan fingerprint density at radius 2 is 2.00 bits per heavy atom. The van der Waals surface area contributed by atoms with Crippen LogP contribution < -0.4 is 5.73 Å². The second kappa shape index (κ2) is 6.38. The molecule has 4 nitrogen and oxygen atoms in total. The van der Waals surface area contributed by atoms with E-state index in [9.17, 15) is 5.11 Å². The van der Waals surface area contributed by atoms with Crippen LogP contribution in [0, 0.1) is 28.6 Å². The minimum Gasteiger partial charge on any atom is -0.394 e. The Morgan fingerprint density at radius 1 is 1.16 bits per heavy atom. The summed E-state index contributed by atoms with van der Waals surface area (Å²) in [6.07, 6.45) is 11.7. The molecule has 0 bridgehead atoms. The predicted octanol–water partition coefficient (Wildman–Crippen LogP) is 3.64. The highest BCUT2D eigenvalue weighted by molar-refractivity contribution is 5.96. The lowest BCUT2D eigenvalue weighted by Gasteiger charge is -2.57. The average molecular weight is 347 g/mol. The van der Waals surface area contributed by atoms with Crippen molar-refractivity contribution in [1.82, 2.24) is 0 Å². The Kier molecular flexibility index (Phi) is 4.48. The molecule has 3 saturated carbocycles. The van der Waals surface area contributed by atoms with Crippen LogP contribution in [0.4, 0.5) is 0 Å². The molecule has 4 heteroatoms. The molecule has 4 aliphatic carbocycles. The van der Waals surface area contributed by atoms with Crippen LogP contribution in [0.15, 0.2) is 16.8 Å². The van der Waals surface area contributed by atoms with Gasteiger partial charge in [-0.05, 0) is 86.0 Å². The van der Waals surface area contributed by atoms with Crippen LogP contribution >= 0.6 is 0 Å². The van der Waals surface area contributed by atoms with Crippen molar-refractivity contribution in [2.45, 2.75) is 71.3 Å². The summed E-state index contributed by atoms with van der Waals surface area (Å²) in [4.78, 5) is 5.31. The minimum atomic E-state index is -0.0759. The Hall–Kier alpha value is -0.870. The molecule has 0 spiro atoms. The molecule has 4 rings (SSSR count). The summed E-state index contributed by atoms with van der Waals surface area (Å²) in [5.74, 6) is 2.30. The summed E-state index contributed by atoms with van der Waals surface area (Å²) >= 11 is 0. The van der Waals surface area contributed by atoms with E-state index in [2.05, 4.69) is 25.1 Å². The third-order valence-electron chi connectivity index (χ3n) is 8.32. The number of fused-ring (bicyclic) bond motifs is 5. The topological polar surface area (TPSA) is 67.8 Å². The molecule has 3 N–H and O–H groups in total. The lowest BCUT2D eigenvalue weighted by atomic mass is 9.47. The summed E-state index contributed by atoms with van der Waals surface area (Å²) in [5.41, 5.74) is 8.67. The quantitative estimate of drug-likeness (QED) is 0.605. The molecule has 3 fully saturated rings. The second-order valence-corrected chi connectivity index (χ2v) is 9.34. The van der Waals surface area contributed by atoms with Crippen LogP contribution in [-0.2, 0) is 4.84 Å². The number of hydrogen-bond donors (Lipinski definition) is 2. The van der Waals surface area contributed by atoms with E-state index in [4.69, 9.17) is 10.6 Å². The summed E-state index contributed by atoms with van der Waals surface area (Å²) in [6, 6.07) is 0.